The quantitative estimate of drug-likeness (QED) is 0.886. The van der Waals surface area contributed by atoms with Gasteiger partial charge in [0, 0.05) is 12.3 Å². The summed E-state index contributed by atoms with van der Waals surface area (Å²) in [4.78, 5) is 26.0. The van der Waals surface area contributed by atoms with Crippen LogP contribution in [0, 0.1) is 5.82 Å². The molecule has 0 unspecified atom stereocenters. The van der Waals surface area contributed by atoms with Crippen molar-refractivity contribution in [2.75, 3.05) is 5.32 Å². The average molecular weight is 310 g/mol. The summed E-state index contributed by atoms with van der Waals surface area (Å²) in [5.74, 6) is -2.58. The summed E-state index contributed by atoms with van der Waals surface area (Å²) in [6.07, 6.45) is 0. The van der Waals surface area contributed by atoms with Crippen LogP contribution in [0.3, 0.4) is 0 Å². The van der Waals surface area contributed by atoms with Crippen molar-refractivity contribution >= 4 is 28.3 Å². The van der Waals surface area contributed by atoms with Gasteiger partial charge in [0.05, 0.1) is 5.69 Å². The van der Waals surface area contributed by atoms with E-state index in [-0.39, 0.29) is 18.3 Å². The minimum Gasteiger partial charge on any atom is -0.486 e. The number of halogens is 1. The van der Waals surface area contributed by atoms with E-state index in [1.807, 2.05) is 0 Å². The highest BCUT2D eigenvalue weighted by atomic mass is 32.1. The van der Waals surface area contributed by atoms with Gasteiger partial charge >= 0.3 is 5.97 Å². The van der Waals surface area contributed by atoms with E-state index in [4.69, 9.17) is 9.84 Å². The maximum Gasteiger partial charge on any atom is 0.342 e. The molecule has 110 valence electrons. The number of benzene rings is 1. The van der Waals surface area contributed by atoms with Crippen molar-refractivity contribution in [1.82, 2.24) is 4.98 Å². The lowest BCUT2D eigenvalue weighted by atomic mass is 10.2. The number of amides is 1. The zero-order valence-corrected chi connectivity index (χ0v) is 11.7. The molecule has 1 amide bonds. The zero-order valence-electron chi connectivity index (χ0n) is 10.9. The molecule has 0 fully saturated rings. The third kappa shape index (κ3) is 3.76. The van der Waals surface area contributed by atoms with Gasteiger partial charge < -0.3 is 15.2 Å². The van der Waals surface area contributed by atoms with E-state index in [9.17, 15) is 14.0 Å². The number of nitrogens with one attached hydrogen (secondary N) is 1. The molecule has 8 heteroatoms. The number of carbonyl (C=O) groups excluding carboxylic acids is 1. The van der Waals surface area contributed by atoms with Crippen LogP contribution in [-0.4, -0.2) is 22.0 Å². The predicted molar refractivity (Wildman–Crippen MR) is 74.1 cm³/mol. The Kier molecular flexibility index (Phi) is 4.49. The highest BCUT2D eigenvalue weighted by Gasteiger charge is 2.17. The van der Waals surface area contributed by atoms with Crippen molar-refractivity contribution in [2.45, 2.75) is 13.5 Å². The van der Waals surface area contributed by atoms with E-state index >= 15 is 0 Å². The number of thiazole rings is 1. The lowest BCUT2D eigenvalue weighted by molar-refractivity contribution is -0.114. The molecule has 21 heavy (non-hydrogen) atoms. The molecule has 0 atom stereocenters. The second-order valence-electron chi connectivity index (χ2n) is 4.03. The van der Waals surface area contributed by atoms with E-state index in [1.54, 1.807) is 5.38 Å². The number of rotatable bonds is 5. The third-order valence-electron chi connectivity index (χ3n) is 2.40. The molecular weight excluding hydrogens is 299 g/mol. The van der Waals surface area contributed by atoms with E-state index < -0.39 is 17.3 Å². The van der Waals surface area contributed by atoms with Gasteiger partial charge in [-0.1, -0.05) is 6.07 Å². The molecule has 0 saturated heterocycles. The number of carboxylic acids is 1. The van der Waals surface area contributed by atoms with Gasteiger partial charge in [0.2, 0.25) is 5.91 Å². The van der Waals surface area contributed by atoms with Crippen molar-refractivity contribution in [1.29, 1.82) is 0 Å². The zero-order chi connectivity index (χ0) is 15.4. The van der Waals surface area contributed by atoms with E-state index in [1.165, 1.54) is 30.4 Å². The van der Waals surface area contributed by atoms with Crippen molar-refractivity contribution < 1.29 is 23.8 Å². The average Bonchev–Trinajstić information content (AvgIpc) is 2.82. The Morgan fingerprint density at radius 1 is 1.48 bits per heavy atom. The molecule has 1 heterocycles. The van der Waals surface area contributed by atoms with Gasteiger partial charge in [0.25, 0.3) is 0 Å². The summed E-state index contributed by atoms with van der Waals surface area (Å²) in [5, 5.41) is 13.6. The van der Waals surface area contributed by atoms with Gasteiger partial charge in [-0.15, -0.1) is 11.3 Å². The van der Waals surface area contributed by atoms with Crippen molar-refractivity contribution in [2.24, 2.45) is 0 Å². The first kappa shape index (κ1) is 14.9. The first-order valence-electron chi connectivity index (χ1n) is 5.84. The third-order valence-corrected chi connectivity index (χ3v) is 3.21. The van der Waals surface area contributed by atoms with E-state index in [0.29, 0.717) is 10.8 Å². The highest BCUT2D eigenvalue weighted by Crippen LogP contribution is 2.23. The second-order valence-corrected chi connectivity index (χ2v) is 4.89. The summed E-state index contributed by atoms with van der Waals surface area (Å²) < 4.78 is 18.7. The maximum absolute atomic E-state index is 13.5. The van der Waals surface area contributed by atoms with Crippen LogP contribution in [0.5, 0.6) is 5.75 Å². The summed E-state index contributed by atoms with van der Waals surface area (Å²) in [5.41, 5.74) is -0.0147. The van der Waals surface area contributed by atoms with Gasteiger partial charge in [0.15, 0.2) is 5.13 Å². The SMILES string of the molecule is CC(=O)Nc1nc(COc2cccc(F)c2C(=O)O)cs1. The number of carbonyl (C=O) groups is 2. The van der Waals surface area contributed by atoms with E-state index in [0.717, 1.165) is 6.07 Å². The lowest BCUT2D eigenvalue weighted by Crippen LogP contribution is -2.07. The standard InChI is InChI=1S/C13H11FN2O4S/c1-7(17)15-13-16-8(6-21-13)5-20-10-4-2-3-9(14)11(10)12(18)19/h2-4,6H,5H2,1H3,(H,18,19)(H,15,16,17). The molecule has 6 nitrogen and oxygen atoms in total. The smallest absolute Gasteiger partial charge is 0.342 e. The Balaban J connectivity index is 2.10. The summed E-state index contributed by atoms with van der Waals surface area (Å²) >= 11 is 1.21. The van der Waals surface area contributed by atoms with Gasteiger partial charge in [-0.05, 0) is 12.1 Å². The topological polar surface area (TPSA) is 88.5 Å². The largest absolute Gasteiger partial charge is 0.486 e. The molecular formula is C13H11FN2O4S. The lowest BCUT2D eigenvalue weighted by Gasteiger charge is -2.08. The van der Waals surface area contributed by atoms with Crippen LogP contribution in [-0.2, 0) is 11.4 Å². The fourth-order valence-corrected chi connectivity index (χ4v) is 2.31. The van der Waals surface area contributed by atoms with Gasteiger partial charge in [0.1, 0.15) is 23.7 Å². The van der Waals surface area contributed by atoms with Gasteiger partial charge in [-0.3, -0.25) is 4.79 Å². The normalized spacial score (nSPS) is 10.2. The predicted octanol–water partition coefficient (Wildman–Crippen LogP) is 2.52. The van der Waals surface area contributed by atoms with E-state index in [2.05, 4.69) is 10.3 Å². The van der Waals surface area contributed by atoms with Crippen LogP contribution in [0.15, 0.2) is 23.6 Å². The number of aromatic nitrogens is 1. The number of aromatic carboxylic acids is 1. The van der Waals surface area contributed by atoms with Crippen LogP contribution < -0.4 is 10.1 Å². The molecule has 1 aromatic heterocycles. The summed E-state index contributed by atoms with van der Waals surface area (Å²) in [6, 6.07) is 3.78. The number of anilines is 1. The molecule has 2 N–H and O–H groups in total. The Labute approximate surface area is 123 Å². The number of hydrogen-bond donors (Lipinski definition) is 2. The fraction of sp³-hybridized carbons (Fsp3) is 0.154. The Hall–Kier alpha value is -2.48. The van der Waals surface area contributed by atoms with Crippen LogP contribution in [0.2, 0.25) is 0 Å². The molecule has 0 bridgehead atoms. The number of nitrogens with zero attached hydrogens (tertiary/aromatic N) is 1. The highest BCUT2D eigenvalue weighted by molar-refractivity contribution is 7.13. The van der Waals surface area contributed by atoms with Crippen LogP contribution in [0.1, 0.15) is 23.0 Å². The van der Waals surface area contributed by atoms with Gasteiger partial charge in [-0.2, -0.15) is 0 Å². The molecule has 0 aliphatic rings. The number of carboxylic acid groups (broad SMARTS) is 1. The van der Waals surface area contributed by atoms with Crippen LogP contribution in [0.25, 0.3) is 0 Å². The molecule has 2 aromatic rings. The molecule has 1 aromatic carbocycles. The van der Waals surface area contributed by atoms with Crippen LogP contribution in [0.4, 0.5) is 9.52 Å². The minimum absolute atomic E-state index is 0.0280. The fourth-order valence-electron chi connectivity index (χ4n) is 1.57. The first-order chi connectivity index (χ1) is 9.97. The Morgan fingerprint density at radius 3 is 2.90 bits per heavy atom. The van der Waals surface area contributed by atoms with Gasteiger partial charge in [-0.25, -0.2) is 14.2 Å². The minimum atomic E-state index is -1.40. The molecule has 0 radical (unpaired) electrons. The molecule has 0 aliphatic carbocycles. The van der Waals surface area contributed by atoms with Crippen molar-refractivity contribution in [3.8, 4) is 5.75 Å². The summed E-state index contributed by atoms with van der Waals surface area (Å²) in [6.45, 7) is 1.34. The number of hydrogen-bond acceptors (Lipinski definition) is 5. The maximum atomic E-state index is 13.5. The van der Waals surface area contributed by atoms with Crippen molar-refractivity contribution in [3.05, 3.63) is 40.7 Å². The molecule has 0 saturated carbocycles. The first-order valence-corrected chi connectivity index (χ1v) is 6.72. The van der Waals surface area contributed by atoms with Crippen molar-refractivity contribution in [3.63, 3.8) is 0 Å². The molecule has 0 spiro atoms. The monoisotopic (exact) mass is 310 g/mol. The summed E-state index contributed by atoms with van der Waals surface area (Å²) in [7, 11) is 0. The number of ether oxygens (including phenoxy) is 1. The Bertz CT molecular complexity index is 687. The van der Waals surface area contributed by atoms with Crippen LogP contribution >= 0.6 is 11.3 Å². The molecule has 2 rings (SSSR count). The second kappa shape index (κ2) is 6.31. The Morgan fingerprint density at radius 2 is 2.24 bits per heavy atom. The molecule has 0 aliphatic heterocycles.